The van der Waals surface area contributed by atoms with Gasteiger partial charge in [0.1, 0.15) is 18.1 Å². The van der Waals surface area contributed by atoms with Crippen molar-refractivity contribution in [3.63, 3.8) is 0 Å². The Morgan fingerprint density at radius 1 is 0.867 bits per heavy atom. The third-order valence-corrected chi connectivity index (χ3v) is 7.28. The fraction of sp³-hybridized carbons (Fsp3) is 0.147. The molecule has 0 radical (unpaired) electrons. The number of amides is 2. The zero-order valence-electron chi connectivity index (χ0n) is 24.8. The lowest BCUT2D eigenvalue weighted by atomic mass is 10.2. The lowest BCUT2D eigenvalue weighted by molar-refractivity contribution is -0.118. The fourth-order valence-electron chi connectivity index (χ4n) is 4.48. The number of rotatable bonds is 11. The van der Waals surface area contributed by atoms with E-state index in [0.717, 1.165) is 22.6 Å². The second kappa shape index (κ2) is 14.2. The first kappa shape index (κ1) is 31.4. The molecule has 5 aromatic rings. The van der Waals surface area contributed by atoms with E-state index in [0.29, 0.717) is 22.8 Å². The van der Waals surface area contributed by atoms with Crippen molar-refractivity contribution in [2.75, 3.05) is 11.9 Å². The number of nitrogens with zero attached hydrogens (tertiary/aromatic N) is 2. The summed E-state index contributed by atoms with van der Waals surface area (Å²) in [7, 11) is 0. The third kappa shape index (κ3) is 8.14. The number of carbonyl (C=O) groups is 2. The van der Waals surface area contributed by atoms with Crippen molar-refractivity contribution in [1.29, 1.82) is 0 Å². The number of aromatic nitrogens is 1. The molecule has 2 aromatic heterocycles. The first-order valence-corrected chi connectivity index (χ1v) is 14.7. The molecule has 0 aliphatic carbocycles. The average molecular weight is 646 g/mol. The van der Waals surface area contributed by atoms with Crippen LogP contribution in [0.4, 0.5) is 5.69 Å². The molecule has 0 saturated carbocycles. The van der Waals surface area contributed by atoms with E-state index in [1.165, 1.54) is 6.21 Å². The molecule has 0 unspecified atom stereocenters. The molecule has 0 atom stereocenters. The molecule has 0 bridgehead atoms. The maximum atomic E-state index is 12.5. The molecule has 5 rings (SSSR count). The lowest BCUT2D eigenvalue weighted by Crippen LogP contribution is -2.20. The molecule has 0 aliphatic heterocycles. The van der Waals surface area contributed by atoms with Crippen molar-refractivity contribution in [1.82, 2.24) is 9.99 Å². The minimum atomic E-state index is -0.545. The van der Waals surface area contributed by atoms with E-state index in [9.17, 15) is 9.59 Å². The minimum Gasteiger partial charge on any atom is -0.486 e. The van der Waals surface area contributed by atoms with Crippen LogP contribution in [0.25, 0.3) is 5.69 Å². The quantitative estimate of drug-likeness (QED) is 0.113. The van der Waals surface area contributed by atoms with Crippen molar-refractivity contribution in [2.24, 2.45) is 5.10 Å². The van der Waals surface area contributed by atoms with Crippen molar-refractivity contribution in [3.8, 4) is 17.2 Å². The Kier molecular flexibility index (Phi) is 9.92. The average Bonchev–Trinajstić information content (AvgIpc) is 3.63. The van der Waals surface area contributed by atoms with Gasteiger partial charge in [-0.25, -0.2) is 5.43 Å². The van der Waals surface area contributed by atoms with Crippen molar-refractivity contribution >= 4 is 46.9 Å². The van der Waals surface area contributed by atoms with E-state index < -0.39 is 5.91 Å². The van der Waals surface area contributed by atoms with E-state index in [1.54, 1.807) is 36.4 Å². The van der Waals surface area contributed by atoms with Gasteiger partial charge in [0, 0.05) is 22.8 Å². The lowest BCUT2D eigenvalue weighted by Gasteiger charge is -2.11. The van der Waals surface area contributed by atoms with Crippen LogP contribution in [0.3, 0.4) is 0 Å². The van der Waals surface area contributed by atoms with E-state index in [2.05, 4.69) is 46.4 Å². The number of furan rings is 1. The second-order valence-electron chi connectivity index (χ2n) is 10.2. The van der Waals surface area contributed by atoms with Crippen molar-refractivity contribution < 1.29 is 23.5 Å². The van der Waals surface area contributed by atoms with Crippen LogP contribution in [-0.4, -0.2) is 29.2 Å². The summed E-state index contributed by atoms with van der Waals surface area (Å²) in [5.74, 6) is 0.476. The first-order chi connectivity index (χ1) is 21.7. The molecule has 0 aliphatic rings. The Bertz CT molecular complexity index is 1800. The van der Waals surface area contributed by atoms with Crippen LogP contribution in [0, 0.1) is 20.8 Å². The fourth-order valence-corrected chi connectivity index (χ4v) is 5.10. The van der Waals surface area contributed by atoms with Gasteiger partial charge < -0.3 is 23.8 Å². The minimum absolute atomic E-state index is 0.0726. The van der Waals surface area contributed by atoms with Crippen LogP contribution >= 0.6 is 23.2 Å². The van der Waals surface area contributed by atoms with Crippen LogP contribution in [0.5, 0.6) is 11.5 Å². The maximum Gasteiger partial charge on any atom is 0.307 e. The van der Waals surface area contributed by atoms with Gasteiger partial charge in [-0.3, -0.25) is 9.59 Å². The number of benzene rings is 3. The zero-order valence-corrected chi connectivity index (χ0v) is 26.3. The summed E-state index contributed by atoms with van der Waals surface area (Å²) in [4.78, 5) is 24.8. The summed E-state index contributed by atoms with van der Waals surface area (Å²) in [6.07, 6.45) is 1.37. The summed E-state index contributed by atoms with van der Waals surface area (Å²) < 4.78 is 19.2. The van der Waals surface area contributed by atoms with Gasteiger partial charge in [-0.1, -0.05) is 40.9 Å². The van der Waals surface area contributed by atoms with Gasteiger partial charge >= 0.3 is 5.91 Å². The predicted molar refractivity (Wildman–Crippen MR) is 175 cm³/mol. The number of carbonyl (C=O) groups excluding carboxylic acids is 2. The highest BCUT2D eigenvalue weighted by molar-refractivity contribution is 6.37. The van der Waals surface area contributed by atoms with Crippen LogP contribution in [0.1, 0.15) is 38.8 Å². The Balaban J connectivity index is 1.10. The normalized spacial score (nSPS) is 11.0. The molecule has 0 saturated heterocycles. The number of aryl methyl sites for hydroxylation is 3. The summed E-state index contributed by atoms with van der Waals surface area (Å²) in [6, 6.07) is 25.6. The van der Waals surface area contributed by atoms with Gasteiger partial charge in [-0.2, -0.15) is 5.10 Å². The predicted octanol–water partition coefficient (Wildman–Crippen LogP) is 7.66. The van der Waals surface area contributed by atoms with Gasteiger partial charge in [0.15, 0.2) is 18.1 Å². The molecule has 45 heavy (non-hydrogen) atoms. The van der Waals surface area contributed by atoms with Gasteiger partial charge in [-0.05, 0) is 99.1 Å². The number of hydrogen-bond acceptors (Lipinski definition) is 6. The Labute approximate surface area is 270 Å². The van der Waals surface area contributed by atoms with E-state index in [1.807, 2.05) is 43.3 Å². The van der Waals surface area contributed by atoms with Crippen LogP contribution in [0.15, 0.2) is 94.4 Å². The molecule has 2 N–H and O–H groups in total. The first-order valence-electron chi connectivity index (χ1n) is 13.9. The second-order valence-corrected chi connectivity index (χ2v) is 11.0. The molecule has 0 fully saturated rings. The molecule has 3 aromatic carbocycles. The number of halogens is 2. The molecule has 9 nitrogen and oxygen atoms in total. The number of hydrogen-bond donors (Lipinski definition) is 2. The van der Waals surface area contributed by atoms with E-state index in [-0.39, 0.29) is 40.7 Å². The number of nitrogens with one attached hydrogen (secondary N) is 2. The summed E-state index contributed by atoms with van der Waals surface area (Å²) >= 11 is 12.7. The molecule has 0 spiro atoms. The monoisotopic (exact) mass is 644 g/mol. The SMILES string of the molecule is Cc1ccc(NC(=O)COc2c(Cl)cc(/C=N/NC(=O)c3ccc(COc4ccc(-n5c(C)ccc5C)cc4)o3)cc2Cl)cc1. The van der Waals surface area contributed by atoms with Gasteiger partial charge in [0.05, 0.1) is 16.3 Å². The van der Waals surface area contributed by atoms with Crippen LogP contribution < -0.4 is 20.2 Å². The largest absolute Gasteiger partial charge is 0.486 e. The highest BCUT2D eigenvalue weighted by Gasteiger charge is 2.14. The molecular formula is C34H30Cl2N4O5. The number of anilines is 1. The zero-order chi connectivity index (χ0) is 31.9. The molecule has 2 heterocycles. The summed E-state index contributed by atoms with van der Waals surface area (Å²) in [5.41, 5.74) is 8.00. The standard InChI is InChI=1S/C34H30Cl2N4O5/c1-21-4-8-25(9-5-21)38-32(41)20-44-33-29(35)16-24(17-30(33)36)18-37-39-34(42)31-15-14-28(45-31)19-43-27-12-10-26(11-13-27)40-22(2)6-7-23(40)3/h4-18H,19-20H2,1-3H3,(H,38,41)(H,39,42)/b37-18+. The number of ether oxygens (including phenoxy) is 2. The molecule has 11 heteroatoms. The third-order valence-electron chi connectivity index (χ3n) is 6.72. The molecule has 230 valence electrons. The highest BCUT2D eigenvalue weighted by Crippen LogP contribution is 2.34. The smallest absolute Gasteiger partial charge is 0.307 e. The maximum absolute atomic E-state index is 12.5. The highest BCUT2D eigenvalue weighted by atomic mass is 35.5. The summed E-state index contributed by atoms with van der Waals surface area (Å²) in [6.45, 7) is 5.94. The van der Waals surface area contributed by atoms with Gasteiger partial charge in [0.25, 0.3) is 5.91 Å². The van der Waals surface area contributed by atoms with Crippen LogP contribution in [-0.2, 0) is 11.4 Å². The van der Waals surface area contributed by atoms with Crippen LogP contribution in [0.2, 0.25) is 10.0 Å². The topological polar surface area (TPSA) is 107 Å². The van der Waals surface area contributed by atoms with Gasteiger partial charge in [0.2, 0.25) is 0 Å². The Morgan fingerprint density at radius 3 is 2.20 bits per heavy atom. The Hall–Kier alpha value is -4.99. The van der Waals surface area contributed by atoms with Crippen molar-refractivity contribution in [2.45, 2.75) is 27.4 Å². The van der Waals surface area contributed by atoms with E-state index in [4.69, 9.17) is 37.1 Å². The summed E-state index contributed by atoms with van der Waals surface area (Å²) in [5, 5.41) is 7.06. The van der Waals surface area contributed by atoms with E-state index >= 15 is 0 Å². The molecule has 2 amide bonds. The Morgan fingerprint density at radius 2 is 1.53 bits per heavy atom. The number of hydrazone groups is 1. The molecular weight excluding hydrogens is 615 g/mol. The van der Waals surface area contributed by atoms with Gasteiger partial charge in [-0.15, -0.1) is 0 Å². The van der Waals surface area contributed by atoms with Crippen molar-refractivity contribution in [3.05, 3.63) is 129 Å².